The Labute approximate surface area is 98.9 Å². The zero-order valence-corrected chi connectivity index (χ0v) is 9.34. The van der Waals surface area contributed by atoms with Crippen LogP contribution in [0.1, 0.15) is 16.1 Å². The van der Waals surface area contributed by atoms with Crippen molar-refractivity contribution in [3.05, 3.63) is 53.9 Å². The van der Waals surface area contributed by atoms with Gasteiger partial charge in [0.25, 0.3) is 0 Å². The van der Waals surface area contributed by atoms with Crippen LogP contribution in [-0.2, 0) is 0 Å². The first-order chi connectivity index (χ1) is 8.18. The summed E-state index contributed by atoms with van der Waals surface area (Å²) in [4.78, 5) is 15.2. The number of hydrogen-bond donors (Lipinski definition) is 2. The lowest BCUT2D eigenvalue weighted by atomic mass is 10.1. The molecule has 0 saturated carbocycles. The average Bonchev–Trinajstić information content (AvgIpc) is 2.32. The van der Waals surface area contributed by atoms with E-state index in [2.05, 4.69) is 10.3 Å². The van der Waals surface area contributed by atoms with Gasteiger partial charge in [-0.05, 0) is 31.2 Å². The Kier molecular flexibility index (Phi) is 3.05. The van der Waals surface area contributed by atoms with Crippen LogP contribution in [0.5, 0.6) is 0 Å². The van der Waals surface area contributed by atoms with Crippen LogP contribution in [0.3, 0.4) is 0 Å². The van der Waals surface area contributed by atoms with Gasteiger partial charge < -0.3 is 10.4 Å². The first-order valence-corrected chi connectivity index (χ1v) is 5.19. The molecule has 4 nitrogen and oxygen atoms in total. The fraction of sp³-hybridized carbons (Fsp3) is 0.0769. The Hall–Kier alpha value is -2.36. The lowest BCUT2D eigenvalue weighted by Crippen LogP contribution is -2.03. The highest BCUT2D eigenvalue weighted by Gasteiger charge is 2.09. The fourth-order valence-electron chi connectivity index (χ4n) is 1.54. The molecule has 4 heteroatoms. The topological polar surface area (TPSA) is 62.2 Å². The molecular formula is C13H12N2O2. The van der Waals surface area contributed by atoms with Crippen molar-refractivity contribution in [3.8, 4) is 0 Å². The molecule has 0 aliphatic heterocycles. The second kappa shape index (κ2) is 4.65. The number of nitrogens with zero attached hydrogens (tertiary/aromatic N) is 1. The van der Waals surface area contributed by atoms with Gasteiger partial charge >= 0.3 is 5.97 Å². The smallest absolute Gasteiger partial charge is 0.337 e. The number of para-hydroxylation sites is 1. The third-order valence-corrected chi connectivity index (χ3v) is 2.43. The van der Waals surface area contributed by atoms with E-state index in [1.165, 1.54) is 0 Å². The highest BCUT2D eigenvalue weighted by Crippen LogP contribution is 2.22. The van der Waals surface area contributed by atoms with Crippen LogP contribution in [0.25, 0.3) is 0 Å². The van der Waals surface area contributed by atoms with Crippen LogP contribution >= 0.6 is 0 Å². The predicted molar refractivity (Wildman–Crippen MR) is 65.7 cm³/mol. The van der Waals surface area contributed by atoms with E-state index >= 15 is 0 Å². The molecule has 0 bridgehead atoms. The van der Waals surface area contributed by atoms with Crippen molar-refractivity contribution >= 4 is 17.3 Å². The summed E-state index contributed by atoms with van der Waals surface area (Å²) < 4.78 is 0. The number of aromatic nitrogens is 1. The molecule has 0 atom stereocenters. The summed E-state index contributed by atoms with van der Waals surface area (Å²) >= 11 is 0. The normalized spacial score (nSPS) is 9.94. The van der Waals surface area contributed by atoms with Gasteiger partial charge in [-0.15, -0.1) is 0 Å². The van der Waals surface area contributed by atoms with Gasteiger partial charge in [0.2, 0.25) is 0 Å². The van der Waals surface area contributed by atoms with Gasteiger partial charge in [0, 0.05) is 6.20 Å². The highest BCUT2D eigenvalue weighted by atomic mass is 16.4. The quantitative estimate of drug-likeness (QED) is 0.847. The van der Waals surface area contributed by atoms with Crippen molar-refractivity contribution in [2.24, 2.45) is 0 Å². The Balaban J connectivity index is 2.37. The Bertz CT molecular complexity index is 553. The Morgan fingerprint density at radius 3 is 2.59 bits per heavy atom. The van der Waals surface area contributed by atoms with E-state index < -0.39 is 5.97 Å². The molecule has 2 N–H and O–H groups in total. The summed E-state index contributed by atoms with van der Waals surface area (Å²) in [5, 5.41) is 12.1. The highest BCUT2D eigenvalue weighted by molar-refractivity contribution is 5.95. The first-order valence-electron chi connectivity index (χ1n) is 5.19. The zero-order chi connectivity index (χ0) is 12.3. The number of carboxylic acid groups (broad SMARTS) is 1. The minimum absolute atomic E-state index is 0.246. The van der Waals surface area contributed by atoms with E-state index in [-0.39, 0.29) is 5.56 Å². The summed E-state index contributed by atoms with van der Waals surface area (Å²) in [6.07, 6.45) is 1.70. The van der Waals surface area contributed by atoms with Crippen LogP contribution in [0.4, 0.5) is 11.4 Å². The molecule has 2 aromatic rings. The van der Waals surface area contributed by atoms with Crippen molar-refractivity contribution in [2.75, 3.05) is 5.32 Å². The van der Waals surface area contributed by atoms with E-state index in [1.54, 1.807) is 36.5 Å². The number of benzene rings is 1. The average molecular weight is 228 g/mol. The molecule has 0 aliphatic rings. The fourth-order valence-corrected chi connectivity index (χ4v) is 1.54. The van der Waals surface area contributed by atoms with E-state index in [9.17, 15) is 4.79 Å². The number of aromatic carboxylic acids is 1. The number of aryl methyl sites for hydroxylation is 1. The maximum atomic E-state index is 11.0. The number of rotatable bonds is 3. The summed E-state index contributed by atoms with van der Waals surface area (Å²) in [5.41, 5.74) is 2.45. The largest absolute Gasteiger partial charge is 0.478 e. The first kappa shape index (κ1) is 11.1. The third-order valence-electron chi connectivity index (χ3n) is 2.43. The molecule has 0 unspecified atom stereocenters. The van der Waals surface area contributed by atoms with Crippen molar-refractivity contribution in [1.82, 2.24) is 4.98 Å². The SMILES string of the molecule is Cc1ncccc1Nc1ccccc1C(=O)O. The van der Waals surface area contributed by atoms with Crippen molar-refractivity contribution < 1.29 is 9.90 Å². The molecule has 1 heterocycles. The zero-order valence-electron chi connectivity index (χ0n) is 9.34. The minimum atomic E-state index is -0.949. The van der Waals surface area contributed by atoms with E-state index in [0.717, 1.165) is 11.4 Å². The summed E-state index contributed by atoms with van der Waals surface area (Å²) in [6.45, 7) is 1.87. The Morgan fingerprint density at radius 1 is 1.18 bits per heavy atom. The number of carbonyl (C=O) groups is 1. The lowest BCUT2D eigenvalue weighted by Gasteiger charge is -2.10. The molecule has 1 aromatic heterocycles. The molecule has 2 rings (SSSR count). The molecule has 0 spiro atoms. The van der Waals surface area contributed by atoms with Crippen molar-refractivity contribution in [3.63, 3.8) is 0 Å². The predicted octanol–water partition coefficient (Wildman–Crippen LogP) is 2.83. The molecule has 0 saturated heterocycles. The van der Waals surface area contributed by atoms with Gasteiger partial charge in [0.05, 0.1) is 22.6 Å². The maximum absolute atomic E-state index is 11.0. The number of hydrogen-bond acceptors (Lipinski definition) is 3. The molecule has 0 amide bonds. The molecule has 86 valence electrons. The van der Waals surface area contributed by atoms with Crippen molar-refractivity contribution in [1.29, 1.82) is 0 Å². The summed E-state index contributed by atoms with van der Waals surface area (Å²) in [6, 6.07) is 10.5. The van der Waals surface area contributed by atoms with Crippen LogP contribution in [-0.4, -0.2) is 16.1 Å². The molecule has 1 aromatic carbocycles. The van der Waals surface area contributed by atoms with Gasteiger partial charge in [0.15, 0.2) is 0 Å². The van der Waals surface area contributed by atoms with Crippen LogP contribution < -0.4 is 5.32 Å². The second-order valence-electron chi connectivity index (χ2n) is 3.61. The minimum Gasteiger partial charge on any atom is -0.478 e. The molecule has 0 aliphatic carbocycles. The molecular weight excluding hydrogens is 216 g/mol. The Morgan fingerprint density at radius 2 is 1.88 bits per heavy atom. The van der Waals surface area contributed by atoms with Crippen molar-refractivity contribution in [2.45, 2.75) is 6.92 Å². The van der Waals surface area contributed by atoms with Gasteiger partial charge in [-0.1, -0.05) is 12.1 Å². The van der Waals surface area contributed by atoms with Crippen LogP contribution in [0.15, 0.2) is 42.6 Å². The van der Waals surface area contributed by atoms with Crippen LogP contribution in [0.2, 0.25) is 0 Å². The summed E-state index contributed by atoms with van der Waals surface area (Å²) in [7, 11) is 0. The van der Waals surface area contributed by atoms with E-state index in [1.807, 2.05) is 13.0 Å². The lowest BCUT2D eigenvalue weighted by molar-refractivity contribution is 0.0698. The van der Waals surface area contributed by atoms with E-state index in [4.69, 9.17) is 5.11 Å². The van der Waals surface area contributed by atoms with Gasteiger partial charge in [-0.3, -0.25) is 4.98 Å². The second-order valence-corrected chi connectivity index (χ2v) is 3.61. The number of pyridine rings is 1. The number of carboxylic acids is 1. The van der Waals surface area contributed by atoms with Crippen LogP contribution in [0, 0.1) is 6.92 Å². The molecule has 0 radical (unpaired) electrons. The van der Waals surface area contributed by atoms with Gasteiger partial charge in [-0.2, -0.15) is 0 Å². The standard InChI is InChI=1S/C13H12N2O2/c1-9-11(7-4-8-14-9)15-12-6-3-2-5-10(12)13(16)17/h2-8,15H,1H3,(H,16,17). The third kappa shape index (κ3) is 2.42. The van der Waals surface area contributed by atoms with Gasteiger partial charge in [-0.25, -0.2) is 4.79 Å². The maximum Gasteiger partial charge on any atom is 0.337 e. The summed E-state index contributed by atoms with van der Waals surface area (Å²) in [5.74, 6) is -0.949. The number of nitrogens with one attached hydrogen (secondary N) is 1. The van der Waals surface area contributed by atoms with E-state index in [0.29, 0.717) is 5.69 Å². The number of anilines is 2. The molecule has 17 heavy (non-hydrogen) atoms. The van der Waals surface area contributed by atoms with Gasteiger partial charge in [0.1, 0.15) is 0 Å². The molecule has 0 fully saturated rings. The monoisotopic (exact) mass is 228 g/mol.